The summed E-state index contributed by atoms with van der Waals surface area (Å²) in [5.41, 5.74) is 2.04. The predicted octanol–water partition coefficient (Wildman–Crippen LogP) is 5.79. The lowest BCUT2D eigenvalue weighted by molar-refractivity contribution is 0.396. The Hall–Kier alpha value is -1.24. The number of furan rings is 1. The SMILES string of the molecule is CN(C)CCCCNc1nc2cc(Cl)c(Cl)cc2nc1-c1ccco1.Cl.Cl. The van der Waals surface area contributed by atoms with Crippen molar-refractivity contribution < 1.29 is 4.42 Å². The van der Waals surface area contributed by atoms with Crippen LogP contribution in [0.3, 0.4) is 0 Å². The van der Waals surface area contributed by atoms with Gasteiger partial charge in [0.05, 0.1) is 27.3 Å². The summed E-state index contributed by atoms with van der Waals surface area (Å²) in [6, 6.07) is 7.15. The quantitative estimate of drug-likeness (QED) is 0.460. The van der Waals surface area contributed by atoms with E-state index in [-0.39, 0.29) is 24.8 Å². The molecule has 0 aliphatic rings. The zero-order valence-corrected chi connectivity index (χ0v) is 18.2. The van der Waals surface area contributed by atoms with Crippen LogP contribution >= 0.6 is 48.0 Å². The Kier molecular flexibility index (Phi) is 9.63. The number of halogens is 4. The van der Waals surface area contributed by atoms with E-state index in [9.17, 15) is 0 Å². The highest BCUT2D eigenvalue weighted by Crippen LogP contribution is 2.31. The first-order valence-corrected chi connectivity index (χ1v) is 8.89. The largest absolute Gasteiger partial charge is 0.463 e. The lowest BCUT2D eigenvalue weighted by Gasteiger charge is -2.12. The number of rotatable bonds is 7. The maximum atomic E-state index is 6.11. The van der Waals surface area contributed by atoms with Gasteiger partial charge in [0.1, 0.15) is 5.69 Å². The van der Waals surface area contributed by atoms with Crippen molar-refractivity contribution in [1.29, 1.82) is 0 Å². The molecule has 9 heteroatoms. The minimum atomic E-state index is 0. The highest BCUT2D eigenvalue weighted by Gasteiger charge is 2.14. The second-order valence-electron chi connectivity index (χ2n) is 6.09. The van der Waals surface area contributed by atoms with Crippen LogP contribution in [0.1, 0.15) is 12.8 Å². The summed E-state index contributed by atoms with van der Waals surface area (Å²) in [6.45, 7) is 1.87. The van der Waals surface area contributed by atoms with Crippen molar-refractivity contribution in [1.82, 2.24) is 14.9 Å². The van der Waals surface area contributed by atoms with Gasteiger partial charge in [-0.15, -0.1) is 24.8 Å². The first kappa shape index (κ1) is 23.8. The number of anilines is 1. The highest BCUT2D eigenvalue weighted by molar-refractivity contribution is 6.42. The van der Waals surface area contributed by atoms with Gasteiger partial charge in [-0.3, -0.25) is 0 Å². The summed E-state index contributed by atoms with van der Waals surface area (Å²) in [6.07, 6.45) is 3.77. The molecule has 5 nitrogen and oxygen atoms in total. The van der Waals surface area contributed by atoms with Gasteiger partial charge in [-0.1, -0.05) is 23.2 Å². The third-order valence-electron chi connectivity index (χ3n) is 3.79. The fourth-order valence-corrected chi connectivity index (χ4v) is 2.84. The summed E-state index contributed by atoms with van der Waals surface area (Å²) >= 11 is 12.2. The number of fused-ring (bicyclic) bond motifs is 1. The summed E-state index contributed by atoms with van der Waals surface area (Å²) < 4.78 is 5.51. The zero-order chi connectivity index (χ0) is 17.8. The molecule has 1 N–H and O–H groups in total. The molecule has 2 aromatic heterocycles. The van der Waals surface area contributed by atoms with Crippen molar-refractivity contribution in [3.8, 4) is 11.5 Å². The van der Waals surface area contributed by atoms with Crippen LogP contribution in [0.2, 0.25) is 10.0 Å². The minimum absolute atomic E-state index is 0. The van der Waals surface area contributed by atoms with Crippen LogP contribution in [0.5, 0.6) is 0 Å². The van der Waals surface area contributed by atoms with Crippen molar-refractivity contribution in [3.05, 3.63) is 40.6 Å². The van der Waals surface area contributed by atoms with Gasteiger partial charge in [0.25, 0.3) is 0 Å². The maximum absolute atomic E-state index is 6.11. The molecule has 3 rings (SSSR count). The number of unbranched alkanes of at least 4 members (excludes halogenated alkanes) is 1. The smallest absolute Gasteiger partial charge is 0.156 e. The lowest BCUT2D eigenvalue weighted by Crippen LogP contribution is -2.14. The number of hydrogen-bond acceptors (Lipinski definition) is 5. The number of hydrogen-bond donors (Lipinski definition) is 1. The zero-order valence-electron chi connectivity index (χ0n) is 15.0. The Labute approximate surface area is 181 Å². The van der Waals surface area contributed by atoms with Crippen molar-refractivity contribution in [2.24, 2.45) is 0 Å². The minimum Gasteiger partial charge on any atom is -0.463 e. The average Bonchev–Trinajstić information content (AvgIpc) is 3.09. The molecule has 0 amide bonds. The topological polar surface area (TPSA) is 54.2 Å². The van der Waals surface area contributed by atoms with E-state index in [2.05, 4.69) is 34.3 Å². The molecule has 0 radical (unpaired) electrons. The third kappa shape index (κ3) is 6.13. The molecule has 27 heavy (non-hydrogen) atoms. The van der Waals surface area contributed by atoms with Crippen LogP contribution in [0.4, 0.5) is 5.82 Å². The third-order valence-corrected chi connectivity index (χ3v) is 4.51. The Bertz CT molecular complexity index is 856. The maximum Gasteiger partial charge on any atom is 0.156 e. The first-order valence-electron chi connectivity index (χ1n) is 8.14. The van der Waals surface area contributed by atoms with Gasteiger partial charge in [0, 0.05) is 6.54 Å². The number of nitrogens with zero attached hydrogens (tertiary/aromatic N) is 3. The molecule has 0 saturated heterocycles. The molecule has 0 bridgehead atoms. The van der Waals surface area contributed by atoms with Crippen molar-refractivity contribution >= 4 is 64.9 Å². The number of benzene rings is 1. The van der Waals surface area contributed by atoms with Crippen molar-refractivity contribution in [2.75, 3.05) is 32.5 Å². The lowest BCUT2D eigenvalue weighted by atomic mass is 10.2. The van der Waals surface area contributed by atoms with Crippen LogP contribution < -0.4 is 5.32 Å². The molecule has 0 spiro atoms. The standard InChI is InChI=1S/C18H20Cl2N4O.2ClH/c1-24(2)8-4-3-7-21-18-17(16-6-5-9-25-16)22-14-10-12(19)13(20)11-15(14)23-18;;/h5-6,9-11H,3-4,7-8H2,1-2H3,(H,21,23);2*1H. The van der Waals surface area contributed by atoms with Crippen molar-refractivity contribution in [3.63, 3.8) is 0 Å². The van der Waals surface area contributed by atoms with E-state index < -0.39 is 0 Å². The molecule has 2 heterocycles. The number of nitrogens with one attached hydrogen (secondary N) is 1. The van der Waals surface area contributed by atoms with E-state index >= 15 is 0 Å². The summed E-state index contributed by atoms with van der Waals surface area (Å²) in [7, 11) is 4.15. The highest BCUT2D eigenvalue weighted by atomic mass is 35.5. The molecule has 1 aromatic carbocycles. The van der Waals surface area contributed by atoms with Crippen LogP contribution in [0.25, 0.3) is 22.5 Å². The van der Waals surface area contributed by atoms with Gasteiger partial charge < -0.3 is 14.6 Å². The second kappa shape index (κ2) is 10.9. The Morgan fingerprint density at radius 2 is 1.70 bits per heavy atom. The van der Waals surface area contributed by atoms with E-state index in [1.54, 1.807) is 18.4 Å². The van der Waals surface area contributed by atoms with Gasteiger partial charge in [-0.05, 0) is 57.7 Å². The molecule has 0 fully saturated rings. The molecule has 0 atom stereocenters. The summed E-state index contributed by atoms with van der Waals surface area (Å²) in [5, 5.41) is 4.29. The van der Waals surface area contributed by atoms with Gasteiger partial charge in [0.15, 0.2) is 11.6 Å². The molecular weight excluding hydrogens is 430 g/mol. The molecule has 148 valence electrons. The van der Waals surface area contributed by atoms with Crippen LogP contribution in [0, 0.1) is 0 Å². The average molecular weight is 452 g/mol. The second-order valence-corrected chi connectivity index (χ2v) is 6.90. The fraction of sp³-hybridized carbons (Fsp3) is 0.333. The van der Waals surface area contributed by atoms with E-state index in [0.29, 0.717) is 38.4 Å². The predicted molar refractivity (Wildman–Crippen MR) is 118 cm³/mol. The molecule has 0 aliphatic carbocycles. The molecule has 0 aliphatic heterocycles. The van der Waals surface area contributed by atoms with Gasteiger partial charge in [-0.25, -0.2) is 9.97 Å². The van der Waals surface area contributed by atoms with Gasteiger partial charge in [-0.2, -0.15) is 0 Å². The van der Waals surface area contributed by atoms with E-state index in [1.165, 1.54) is 0 Å². The molecule has 0 unspecified atom stereocenters. The van der Waals surface area contributed by atoms with Gasteiger partial charge in [0.2, 0.25) is 0 Å². The van der Waals surface area contributed by atoms with Crippen molar-refractivity contribution in [2.45, 2.75) is 12.8 Å². The monoisotopic (exact) mass is 450 g/mol. The molecule has 0 saturated carbocycles. The number of aromatic nitrogens is 2. The summed E-state index contributed by atoms with van der Waals surface area (Å²) in [5.74, 6) is 1.35. The normalized spacial score (nSPS) is 10.6. The fourth-order valence-electron chi connectivity index (χ4n) is 2.52. The Balaban J connectivity index is 0.00000182. The Morgan fingerprint density at radius 1 is 1.04 bits per heavy atom. The summed E-state index contributed by atoms with van der Waals surface area (Å²) in [4.78, 5) is 11.5. The van der Waals surface area contributed by atoms with Crippen LogP contribution in [0.15, 0.2) is 34.9 Å². The van der Waals surface area contributed by atoms with E-state index in [4.69, 9.17) is 27.6 Å². The molecule has 3 aromatic rings. The van der Waals surface area contributed by atoms with E-state index in [1.807, 2.05) is 12.1 Å². The molecular formula is C18H22Cl4N4O. The van der Waals surface area contributed by atoms with Crippen LogP contribution in [-0.2, 0) is 0 Å². The van der Waals surface area contributed by atoms with Crippen LogP contribution in [-0.4, -0.2) is 42.1 Å². The van der Waals surface area contributed by atoms with E-state index in [0.717, 1.165) is 25.9 Å². The first-order chi connectivity index (χ1) is 12.0. The Morgan fingerprint density at radius 3 is 2.30 bits per heavy atom. The van der Waals surface area contributed by atoms with Gasteiger partial charge >= 0.3 is 0 Å².